The Hall–Kier alpha value is -2.09. The topological polar surface area (TPSA) is 26.3 Å². The van der Waals surface area contributed by atoms with Crippen molar-refractivity contribution < 1.29 is 9.53 Å². The predicted octanol–water partition coefficient (Wildman–Crippen LogP) is 5.21. The van der Waals surface area contributed by atoms with Gasteiger partial charge in [0.2, 0.25) is 0 Å². The maximum atomic E-state index is 11.5. The average Bonchev–Trinajstić information content (AvgIpc) is 2.61. The van der Waals surface area contributed by atoms with Gasteiger partial charge >= 0.3 is 5.97 Å². The second kappa shape index (κ2) is 9.83. The van der Waals surface area contributed by atoms with E-state index in [2.05, 4.69) is 36.4 Å². The molecule has 2 aromatic rings. The van der Waals surface area contributed by atoms with Crippen LogP contribution in [0.1, 0.15) is 53.6 Å². The summed E-state index contributed by atoms with van der Waals surface area (Å²) in [5, 5.41) is 0. The lowest BCUT2D eigenvalue weighted by Crippen LogP contribution is -2.01. The minimum Gasteiger partial charge on any atom is -0.465 e. The molecule has 2 aromatic carbocycles. The fourth-order valence-electron chi connectivity index (χ4n) is 2.80. The van der Waals surface area contributed by atoms with Gasteiger partial charge in [-0.25, -0.2) is 4.79 Å². The maximum Gasteiger partial charge on any atom is 0.337 e. The SMILES string of the molecule is COC(=O)c1cccc(CCCCCCCc2ccccc2)c1. The molecule has 0 N–H and O–H groups in total. The number of aryl methyl sites for hydroxylation is 2. The standard InChI is InChI=1S/C21H26O2/c1-23-21(22)20-16-10-15-19(17-20)14-7-4-2-3-6-11-18-12-8-5-9-13-18/h5,8-10,12-13,15-17H,2-4,6-7,11,14H2,1H3. The molecule has 0 atom stereocenters. The molecule has 0 saturated heterocycles. The van der Waals surface area contributed by atoms with Gasteiger partial charge < -0.3 is 4.74 Å². The van der Waals surface area contributed by atoms with Gasteiger partial charge in [-0.1, -0.05) is 61.7 Å². The highest BCUT2D eigenvalue weighted by Crippen LogP contribution is 2.13. The highest BCUT2D eigenvalue weighted by atomic mass is 16.5. The Morgan fingerprint density at radius 1 is 0.783 bits per heavy atom. The largest absolute Gasteiger partial charge is 0.465 e. The number of carbonyl (C=O) groups excluding carboxylic acids is 1. The van der Waals surface area contributed by atoms with Gasteiger partial charge in [-0.05, 0) is 48.9 Å². The van der Waals surface area contributed by atoms with Crippen molar-refractivity contribution in [3.05, 3.63) is 71.3 Å². The molecule has 0 heterocycles. The molecule has 0 unspecified atom stereocenters. The molecule has 2 heteroatoms. The molecule has 0 amide bonds. The van der Waals surface area contributed by atoms with Crippen molar-refractivity contribution in [2.24, 2.45) is 0 Å². The smallest absolute Gasteiger partial charge is 0.337 e. The van der Waals surface area contributed by atoms with E-state index >= 15 is 0 Å². The highest BCUT2D eigenvalue weighted by Gasteiger charge is 2.05. The summed E-state index contributed by atoms with van der Waals surface area (Å²) in [6.45, 7) is 0. The molecular weight excluding hydrogens is 284 g/mol. The first-order valence-electron chi connectivity index (χ1n) is 8.51. The van der Waals surface area contributed by atoms with Crippen molar-refractivity contribution in [1.82, 2.24) is 0 Å². The summed E-state index contributed by atoms with van der Waals surface area (Å²) in [6.07, 6.45) is 8.47. The van der Waals surface area contributed by atoms with Crippen LogP contribution in [0.15, 0.2) is 54.6 Å². The number of esters is 1. The molecule has 0 aliphatic heterocycles. The number of hydrogen-bond acceptors (Lipinski definition) is 2. The van der Waals surface area contributed by atoms with E-state index in [1.54, 1.807) is 6.07 Å². The van der Waals surface area contributed by atoms with Crippen LogP contribution in [0.25, 0.3) is 0 Å². The Labute approximate surface area is 139 Å². The van der Waals surface area contributed by atoms with E-state index in [4.69, 9.17) is 4.74 Å². The first-order valence-corrected chi connectivity index (χ1v) is 8.51. The molecule has 0 bridgehead atoms. The van der Waals surface area contributed by atoms with E-state index in [9.17, 15) is 4.79 Å². The van der Waals surface area contributed by atoms with E-state index in [1.165, 1.54) is 56.8 Å². The highest BCUT2D eigenvalue weighted by molar-refractivity contribution is 5.89. The van der Waals surface area contributed by atoms with E-state index in [-0.39, 0.29) is 5.97 Å². The van der Waals surface area contributed by atoms with Crippen LogP contribution in [0.3, 0.4) is 0 Å². The number of benzene rings is 2. The zero-order valence-electron chi connectivity index (χ0n) is 14.0. The molecule has 122 valence electrons. The number of carbonyl (C=O) groups is 1. The summed E-state index contributed by atoms with van der Waals surface area (Å²) in [7, 11) is 1.42. The lowest BCUT2D eigenvalue weighted by atomic mass is 10.0. The monoisotopic (exact) mass is 310 g/mol. The zero-order valence-corrected chi connectivity index (χ0v) is 14.0. The lowest BCUT2D eigenvalue weighted by molar-refractivity contribution is 0.0600. The Bertz CT molecular complexity index is 590. The third-order valence-electron chi connectivity index (χ3n) is 4.12. The third kappa shape index (κ3) is 6.27. The Morgan fingerprint density at radius 2 is 1.39 bits per heavy atom. The van der Waals surface area contributed by atoms with Gasteiger partial charge in [0.05, 0.1) is 12.7 Å². The summed E-state index contributed by atoms with van der Waals surface area (Å²) in [5.41, 5.74) is 3.30. The van der Waals surface area contributed by atoms with Crippen LogP contribution in [-0.2, 0) is 17.6 Å². The molecule has 0 saturated carbocycles. The molecule has 0 aliphatic carbocycles. The fourth-order valence-corrected chi connectivity index (χ4v) is 2.80. The molecule has 0 radical (unpaired) electrons. The molecule has 0 fully saturated rings. The molecule has 2 nitrogen and oxygen atoms in total. The van der Waals surface area contributed by atoms with Gasteiger partial charge in [-0.3, -0.25) is 0 Å². The molecule has 23 heavy (non-hydrogen) atoms. The average molecular weight is 310 g/mol. The molecule has 0 aromatic heterocycles. The van der Waals surface area contributed by atoms with Crippen LogP contribution >= 0.6 is 0 Å². The molecule has 0 spiro atoms. The number of rotatable bonds is 9. The van der Waals surface area contributed by atoms with Gasteiger partial charge in [-0.2, -0.15) is 0 Å². The van der Waals surface area contributed by atoms with Crippen LogP contribution < -0.4 is 0 Å². The summed E-state index contributed by atoms with van der Waals surface area (Å²) in [4.78, 5) is 11.5. The van der Waals surface area contributed by atoms with Crippen molar-refractivity contribution in [2.45, 2.75) is 44.9 Å². The van der Waals surface area contributed by atoms with Crippen molar-refractivity contribution in [3.63, 3.8) is 0 Å². The van der Waals surface area contributed by atoms with Crippen LogP contribution in [0.5, 0.6) is 0 Å². The zero-order chi connectivity index (χ0) is 16.3. The molecule has 2 rings (SSSR count). The van der Waals surface area contributed by atoms with Gasteiger partial charge in [0.25, 0.3) is 0 Å². The Balaban J connectivity index is 1.59. The third-order valence-corrected chi connectivity index (χ3v) is 4.12. The van der Waals surface area contributed by atoms with Gasteiger partial charge in [0.1, 0.15) is 0 Å². The van der Waals surface area contributed by atoms with Crippen molar-refractivity contribution in [3.8, 4) is 0 Å². The van der Waals surface area contributed by atoms with Crippen LogP contribution in [-0.4, -0.2) is 13.1 Å². The molecular formula is C21H26O2. The minimum atomic E-state index is -0.257. The number of ether oxygens (including phenoxy) is 1. The van der Waals surface area contributed by atoms with Crippen molar-refractivity contribution in [2.75, 3.05) is 7.11 Å². The van der Waals surface area contributed by atoms with E-state index in [0.717, 1.165) is 6.42 Å². The first-order chi connectivity index (χ1) is 11.3. The van der Waals surface area contributed by atoms with Crippen LogP contribution in [0.4, 0.5) is 0 Å². The van der Waals surface area contributed by atoms with Crippen molar-refractivity contribution >= 4 is 5.97 Å². The fraction of sp³-hybridized carbons (Fsp3) is 0.381. The second-order valence-corrected chi connectivity index (χ2v) is 5.95. The quantitative estimate of drug-likeness (QED) is 0.469. The predicted molar refractivity (Wildman–Crippen MR) is 94.7 cm³/mol. The second-order valence-electron chi connectivity index (χ2n) is 5.95. The number of methoxy groups -OCH3 is 1. The number of unbranched alkanes of at least 4 members (excludes halogenated alkanes) is 4. The summed E-state index contributed by atoms with van der Waals surface area (Å²) in [6, 6.07) is 18.5. The van der Waals surface area contributed by atoms with Gasteiger partial charge in [0, 0.05) is 0 Å². The van der Waals surface area contributed by atoms with Gasteiger partial charge in [-0.15, -0.1) is 0 Å². The summed E-state index contributed by atoms with van der Waals surface area (Å²) in [5.74, 6) is -0.257. The normalized spacial score (nSPS) is 10.5. The van der Waals surface area contributed by atoms with E-state index in [1.807, 2.05) is 12.1 Å². The summed E-state index contributed by atoms with van der Waals surface area (Å²) >= 11 is 0. The van der Waals surface area contributed by atoms with Gasteiger partial charge in [0.15, 0.2) is 0 Å². The minimum absolute atomic E-state index is 0.257. The maximum absolute atomic E-state index is 11.5. The lowest BCUT2D eigenvalue weighted by Gasteiger charge is -2.05. The van der Waals surface area contributed by atoms with Crippen LogP contribution in [0.2, 0.25) is 0 Å². The van der Waals surface area contributed by atoms with E-state index < -0.39 is 0 Å². The number of hydrogen-bond donors (Lipinski definition) is 0. The Kier molecular flexibility index (Phi) is 7.38. The van der Waals surface area contributed by atoms with E-state index in [0.29, 0.717) is 5.56 Å². The Morgan fingerprint density at radius 3 is 2.09 bits per heavy atom. The van der Waals surface area contributed by atoms with Crippen LogP contribution in [0, 0.1) is 0 Å². The summed E-state index contributed by atoms with van der Waals surface area (Å²) < 4.78 is 4.76. The van der Waals surface area contributed by atoms with Crippen molar-refractivity contribution in [1.29, 1.82) is 0 Å². The first kappa shape index (κ1) is 17.3. The molecule has 0 aliphatic rings.